The first-order chi connectivity index (χ1) is 8.59. The molecule has 2 aliphatic rings. The molecular formula is C12H16ClNO3S. The van der Waals surface area contributed by atoms with Crippen LogP contribution in [-0.4, -0.2) is 27.7 Å². The molecule has 0 aromatic rings. The van der Waals surface area contributed by atoms with Crippen LogP contribution in [0.4, 0.5) is 4.79 Å². The fourth-order valence-electron chi connectivity index (χ4n) is 2.30. The van der Waals surface area contributed by atoms with Gasteiger partial charge >= 0.3 is 6.09 Å². The molecule has 3 atom stereocenters. The maximum Gasteiger partial charge on any atom is 0.416 e. The molecule has 6 heteroatoms. The van der Waals surface area contributed by atoms with E-state index in [1.54, 1.807) is 13.1 Å². The predicted octanol–water partition coefficient (Wildman–Crippen LogP) is 3.31. The molecule has 2 rings (SSSR count). The average molecular weight is 290 g/mol. The van der Waals surface area contributed by atoms with Crippen LogP contribution in [0.15, 0.2) is 11.6 Å². The topological polar surface area (TPSA) is 46.6 Å². The van der Waals surface area contributed by atoms with Crippen LogP contribution in [0.1, 0.15) is 32.6 Å². The lowest BCUT2D eigenvalue weighted by Crippen LogP contribution is -2.41. The number of thioether (sulfide) groups is 1. The minimum absolute atomic E-state index is 0.0862. The molecule has 0 aromatic carbocycles. The van der Waals surface area contributed by atoms with E-state index in [0.717, 1.165) is 19.3 Å². The highest BCUT2D eigenvalue weighted by atomic mass is 35.5. The highest BCUT2D eigenvalue weighted by Crippen LogP contribution is 2.37. The third-order valence-corrected chi connectivity index (χ3v) is 4.34. The Balaban J connectivity index is 2.04. The van der Waals surface area contributed by atoms with Crippen LogP contribution in [0.25, 0.3) is 0 Å². The molecule has 1 aliphatic carbocycles. The van der Waals surface area contributed by atoms with Crippen LogP contribution < -0.4 is 0 Å². The number of alkyl halides is 1. The van der Waals surface area contributed by atoms with E-state index in [1.165, 1.54) is 16.7 Å². The number of halogens is 1. The van der Waals surface area contributed by atoms with Crippen molar-refractivity contribution in [2.45, 2.75) is 43.5 Å². The van der Waals surface area contributed by atoms with Gasteiger partial charge in [-0.3, -0.25) is 9.69 Å². The lowest BCUT2D eigenvalue weighted by atomic mass is 9.87. The van der Waals surface area contributed by atoms with Gasteiger partial charge in [-0.1, -0.05) is 18.0 Å². The molecule has 1 saturated carbocycles. The van der Waals surface area contributed by atoms with Gasteiger partial charge in [-0.25, -0.2) is 4.79 Å². The van der Waals surface area contributed by atoms with Gasteiger partial charge in [0.2, 0.25) is 0 Å². The molecule has 0 aromatic heterocycles. The van der Waals surface area contributed by atoms with Crippen LogP contribution in [0.5, 0.6) is 0 Å². The van der Waals surface area contributed by atoms with Gasteiger partial charge in [0.25, 0.3) is 0 Å². The molecule has 1 fully saturated rings. The van der Waals surface area contributed by atoms with Crippen LogP contribution in [0.3, 0.4) is 0 Å². The molecule has 0 N–H and O–H groups in total. The van der Waals surface area contributed by atoms with Crippen molar-refractivity contribution in [3.63, 3.8) is 0 Å². The molecule has 1 heterocycles. The summed E-state index contributed by atoms with van der Waals surface area (Å²) in [4.78, 5) is 25.3. The van der Waals surface area contributed by atoms with Crippen LogP contribution in [0.2, 0.25) is 0 Å². The van der Waals surface area contributed by atoms with Gasteiger partial charge in [0.05, 0.1) is 5.37 Å². The second-order valence-electron chi connectivity index (χ2n) is 4.46. The number of nitrogens with zero attached hydrogens (tertiary/aromatic N) is 1. The average Bonchev–Trinajstić information content (AvgIpc) is 2.77. The summed E-state index contributed by atoms with van der Waals surface area (Å²) in [5, 5.41) is 1.66. The van der Waals surface area contributed by atoms with E-state index in [4.69, 9.17) is 16.3 Å². The Kier molecular flexibility index (Phi) is 4.56. The third kappa shape index (κ3) is 3.01. The van der Waals surface area contributed by atoms with Gasteiger partial charge in [0.15, 0.2) is 5.56 Å². The first kappa shape index (κ1) is 13.7. The lowest BCUT2D eigenvalue weighted by Gasteiger charge is -2.31. The van der Waals surface area contributed by atoms with Crippen molar-refractivity contribution < 1.29 is 14.3 Å². The Labute approximate surface area is 116 Å². The summed E-state index contributed by atoms with van der Waals surface area (Å²) in [5.41, 5.74) is -0.667. The second-order valence-corrected chi connectivity index (χ2v) is 6.11. The number of hydrogen-bond acceptors (Lipinski definition) is 4. The minimum Gasteiger partial charge on any atom is -0.430 e. The Morgan fingerprint density at radius 1 is 1.61 bits per heavy atom. The zero-order chi connectivity index (χ0) is 13.1. The molecule has 0 saturated heterocycles. The summed E-state index contributed by atoms with van der Waals surface area (Å²) in [6.07, 6.45) is 4.65. The molecule has 0 spiro atoms. The number of rotatable bonds is 2. The molecule has 0 bridgehead atoms. The fraction of sp³-hybridized carbons (Fsp3) is 0.667. The summed E-state index contributed by atoms with van der Waals surface area (Å²) in [6, 6.07) is 0. The lowest BCUT2D eigenvalue weighted by molar-refractivity contribution is -0.125. The van der Waals surface area contributed by atoms with Crippen molar-refractivity contribution in [1.82, 2.24) is 4.90 Å². The predicted molar refractivity (Wildman–Crippen MR) is 71.1 cm³/mol. The quantitative estimate of drug-likeness (QED) is 0.732. The maximum atomic E-state index is 11.9. The maximum absolute atomic E-state index is 11.9. The van der Waals surface area contributed by atoms with E-state index in [-0.39, 0.29) is 17.1 Å². The van der Waals surface area contributed by atoms with Crippen molar-refractivity contribution >= 4 is 35.2 Å². The molecule has 4 nitrogen and oxygen atoms in total. The van der Waals surface area contributed by atoms with Crippen LogP contribution in [0, 0.1) is 5.92 Å². The SMILES string of the molecule is CC(Cl)OC(=O)N1C=CSC1C1CCCCC1=O. The Morgan fingerprint density at radius 3 is 3.06 bits per heavy atom. The summed E-state index contributed by atoms with van der Waals surface area (Å²) >= 11 is 7.14. The van der Waals surface area contributed by atoms with E-state index in [1.807, 2.05) is 5.41 Å². The minimum atomic E-state index is -0.667. The smallest absolute Gasteiger partial charge is 0.416 e. The van der Waals surface area contributed by atoms with Crippen molar-refractivity contribution in [3.8, 4) is 0 Å². The highest BCUT2D eigenvalue weighted by molar-refractivity contribution is 8.02. The van der Waals surface area contributed by atoms with Gasteiger partial charge in [-0.2, -0.15) is 0 Å². The number of Topliss-reactive ketones (excluding diaryl/α,β-unsaturated/α-hetero) is 1. The Morgan fingerprint density at radius 2 is 2.39 bits per heavy atom. The van der Waals surface area contributed by atoms with Gasteiger partial charge in [0.1, 0.15) is 5.78 Å². The van der Waals surface area contributed by atoms with Gasteiger partial charge in [-0.15, -0.1) is 11.8 Å². The highest BCUT2D eigenvalue weighted by Gasteiger charge is 2.38. The van der Waals surface area contributed by atoms with Crippen molar-refractivity contribution in [2.75, 3.05) is 0 Å². The number of hydrogen-bond donors (Lipinski definition) is 0. The molecule has 1 aliphatic heterocycles. The largest absolute Gasteiger partial charge is 0.430 e. The van der Waals surface area contributed by atoms with E-state index in [0.29, 0.717) is 6.42 Å². The summed E-state index contributed by atoms with van der Waals surface area (Å²) in [6.45, 7) is 1.59. The first-order valence-electron chi connectivity index (χ1n) is 6.07. The molecule has 1 amide bonds. The third-order valence-electron chi connectivity index (χ3n) is 3.13. The van der Waals surface area contributed by atoms with Gasteiger partial charge in [-0.05, 0) is 25.2 Å². The molecule has 100 valence electrons. The molecule has 3 unspecified atom stereocenters. The van der Waals surface area contributed by atoms with Crippen LogP contribution in [-0.2, 0) is 9.53 Å². The summed E-state index contributed by atoms with van der Waals surface area (Å²) < 4.78 is 4.97. The fourth-order valence-corrected chi connectivity index (χ4v) is 3.50. The van der Waals surface area contributed by atoms with Gasteiger partial charge < -0.3 is 4.74 Å². The standard InChI is InChI=1S/C12H16ClNO3S/c1-8(13)17-12(16)14-6-7-18-11(14)9-4-2-3-5-10(9)15/h6-9,11H,2-5H2,1H3. The van der Waals surface area contributed by atoms with Crippen molar-refractivity contribution in [2.24, 2.45) is 5.92 Å². The van der Waals surface area contributed by atoms with E-state index in [2.05, 4.69) is 0 Å². The summed E-state index contributed by atoms with van der Waals surface area (Å²) in [7, 11) is 0. The van der Waals surface area contributed by atoms with Crippen LogP contribution >= 0.6 is 23.4 Å². The van der Waals surface area contributed by atoms with Gasteiger partial charge in [0, 0.05) is 18.5 Å². The second kappa shape index (κ2) is 5.97. The van der Waals surface area contributed by atoms with Crippen molar-refractivity contribution in [3.05, 3.63) is 11.6 Å². The van der Waals surface area contributed by atoms with E-state index < -0.39 is 11.7 Å². The van der Waals surface area contributed by atoms with Crippen molar-refractivity contribution in [1.29, 1.82) is 0 Å². The Bertz CT molecular complexity index is 372. The molecular weight excluding hydrogens is 274 g/mol. The number of carbonyl (C=O) groups excluding carboxylic acids is 2. The number of carbonyl (C=O) groups is 2. The molecule has 0 radical (unpaired) electrons. The number of ketones is 1. The molecule has 18 heavy (non-hydrogen) atoms. The zero-order valence-electron chi connectivity index (χ0n) is 10.2. The first-order valence-corrected chi connectivity index (χ1v) is 7.45. The van der Waals surface area contributed by atoms with E-state index in [9.17, 15) is 9.59 Å². The zero-order valence-corrected chi connectivity index (χ0v) is 11.7. The number of ether oxygens (including phenoxy) is 1. The number of amides is 1. The van der Waals surface area contributed by atoms with E-state index >= 15 is 0 Å². The Hall–Kier alpha value is -0.680. The monoisotopic (exact) mass is 289 g/mol. The normalized spacial score (nSPS) is 29.4. The summed E-state index contributed by atoms with van der Waals surface area (Å²) in [5.74, 6) is 0.163.